The Morgan fingerprint density at radius 1 is 1.14 bits per heavy atom. The quantitative estimate of drug-likeness (QED) is 0.569. The van der Waals surface area contributed by atoms with Gasteiger partial charge in [0.2, 0.25) is 0 Å². The van der Waals surface area contributed by atoms with Crippen molar-refractivity contribution in [2.24, 2.45) is 0 Å². The Balaban J connectivity index is 1.99. The van der Waals surface area contributed by atoms with Crippen molar-refractivity contribution in [1.29, 1.82) is 0 Å². The van der Waals surface area contributed by atoms with Gasteiger partial charge in [-0.05, 0) is 38.0 Å². The molecule has 0 aliphatic carbocycles. The highest BCUT2D eigenvalue weighted by Gasteiger charge is 2.17. The number of hydrogen-bond donors (Lipinski definition) is 0. The minimum Gasteiger partial charge on any atom is -0.325 e. The third-order valence-electron chi connectivity index (χ3n) is 4.12. The van der Waals surface area contributed by atoms with Gasteiger partial charge in [-0.1, -0.05) is 6.07 Å². The van der Waals surface area contributed by atoms with Crippen LogP contribution in [0.4, 0.5) is 0 Å². The lowest BCUT2D eigenvalue weighted by molar-refractivity contribution is 0.783. The van der Waals surface area contributed by atoms with Gasteiger partial charge in [-0.3, -0.25) is 4.98 Å². The highest BCUT2D eigenvalue weighted by Crippen LogP contribution is 2.27. The Kier molecular flexibility index (Phi) is 2.72. The Labute approximate surface area is 127 Å². The molecule has 0 aliphatic heterocycles. The molecule has 0 aliphatic rings. The molecule has 4 aromatic rings. The fraction of sp³-hybridized carbons (Fsp3) is 0.250. The molecule has 22 heavy (non-hydrogen) atoms. The first kappa shape index (κ1) is 12.9. The maximum absolute atomic E-state index is 4.60. The summed E-state index contributed by atoms with van der Waals surface area (Å²) < 4.78 is 3.96. The molecular formula is C16H16N6. The van der Waals surface area contributed by atoms with Gasteiger partial charge in [0.25, 0.3) is 0 Å². The van der Waals surface area contributed by atoms with Gasteiger partial charge in [0, 0.05) is 18.1 Å². The third kappa shape index (κ3) is 1.80. The van der Waals surface area contributed by atoms with Crippen LogP contribution in [0.5, 0.6) is 0 Å². The molecule has 4 rings (SSSR count). The van der Waals surface area contributed by atoms with Crippen LogP contribution >= 0.6 is 0 Å². The standard InChI is InChI=1S/C16H16N6/c1-10-11(2)21(8-13-5-4-6-17-7-13)15-14(10)16-19-12(3)20-22(16)9-18-15/h4-7,9H,8H2,1-3H3. The second-order valence-electron chi connectivity index (χ2n) is 5.53. The summed E-state index contributed by atoms with van der Waals surface area (Å²) in [6, 6.07) is 4.03. The Bertz CT molecular complexity index is 980. The maximum Gasteiger partial charge on any atom is 0.168 e. The highest BCUT2D eigenvalue weighted by molar-refractivity contribution is 5.93. The molecule has 0 fully saturated rings. The van der Waals surface area contributed by atoms with Crippen molar-refractivity contribution in [3.63, 3.8) is 0 Å². The van der Waals surface area contributed by atoms with E-state index in [1.165, 1.54) is 11.3 Å². The lowest BCUT2D eigenvalue weighted by Crippen LogP contribution is -2.03. The summed E-state index contributed by atoms with van der Waals surface area (Å²) in [4.78, 5) is 13.3. The first-order valence-corrected chi connectivity index (χ1v) is 7.21. The number of fused-ring (bicyclic) bond motifs is 3. The first-order chi connectivity index (χ1) is 10.6. The highest BCUT2D eigenvalue weighted by atomic mass is 15.3. The smallest absolute Gasteiger partial charge is 0.168 e. The molecule has 0 unspecified atom stereocenters. The average molecular weight is 292 g/mol. The van der Waals surface area contributed by atoms with Crippen LogP contribution in [0.25, 0.3) is 16.7 Å². The van der Waals surface area contributed by atoms with Gasteiger partial charge in [0.15, 0.2) is 5.65 Å². The van der Waals surface area contributed by atoms with E-state index in [1.54, 1.807) is 17.0 Å². The van der Waals surface area contributed by atoms with Crippen LogP contribution in [0.3, 0.4) is 0 Å². The number of nitrogens with zero attached hydrogens (tertiary/aromatic N) is 6. The molecule has 0 spiro atoms. The zero-order valence-corrected chi connectivity index (χ0v) is 12.8. The van der Waals surface area contributed by atoms with Gasteiger partial charge in [-0.15, -0.1) is 0 Å². The average Bonchev–Trinajstić information content (AvgIpc) is 3.01. The monoisotopic (exact) mass is 292 g/mol. The van der Waals surface area contributed by atoms with Crippen molar-refractivity contribution in [3.05, 3.63) is 53.5 Å². The summed E-state index contributed by atoms with van der Waals surface area (Å²) in [5, 5.41) is 5.42. The zero-order valence-electron chi connectivity index (χ0n) is 12.8. The molecule has 0 amide bonds. The summed E-state index contributed by atoms with van der Waals surface area (Å²) in [5.74, 6) is 0.756. The molecule has 0 saturated heterocycles. The second kappa shape index (κ2) is 4.62. The van der Waals surface area contributed by atoms with E-state index in [9.17, 15) is 0 Å². The lowest BCUT2D eigenvalue weighted by Gasteiger charge is -2.07. The van der Waals surface area contributed by atoms with E-state index in [1.807, 2.05) is 19.2 Å². The van der Waals surface area contributed by atoms with Crippen LogP contribution in [0.1, 0.15) is 22.6 Å². The minimum atomic E-state index is 0.750. The molecule has 0 saturated carbocycles. The number of aryl methyl sites for hydroxylation is 2. The van der Waals surface area contributed by atoms with Crippen LogP contribution < -0.4 is 0 Å². The van der Waals surface area contributed by atoms with E-state index in [0.717, 1.165) is 34.6 Å². The molecule has 0 aromatic carbocycles. The molecule has 4 aromatic heterocycles. The van der Waals surface area contributed by atoms with E-state index in [4.69, 9.17) is 0 Å². The van der Waals surface area contributed by atoms with Crippen molar-refractivity contribution in [2.45, 2.75) is 27.3 Å². The normalized spacial score (nSPS) is 11.6. The van der Waals surface area contributed by atoms with Gasteiger partial charge in [-0.25, -0.2) is 14.5 Å². The summed E-state index contributed by atoms with van der Waals surface area (Å²) in [6.45, 7) is 6.88. The fourth-order valence-electron chi connectivity index (χ4n) is 2.90. The van der Waals surface area contributed by atoms with Crippen LogP contribution in [-0.4, -0.2) is 29.1 Å². The van der Waals surface area contributed by atoms with E-state index in [0.29, 0.717) is 0 Å². The summed E-state index contributed by atoms with van der Waals surface area (Å²) >= 11 is 0. The zero-order chi connectivity index (χ0) is 15.3. The van der Waals surface area contributed by atoms with Gasteiger partial charge >= 0.3 is 0 Å². The van der Waals surface area contributed by atoms with Crippen molar-refractivity contribution < 1.29 is 0 Å². The fourth-order valence-corrected chi connectivity index (χ4v) is 2.90. The van der Waals surface area contributed by atoms with E-state index >= 15 is 0 Å². The molecule has 6 heteroatoms. The predicted molar refractivity (Wildman–Crippen MR) is 83.8 cm³/mol. The Morgan fingerprint density at radius 2 is 2.00 bits per heavy atom. The largest absolute Gasteiger partial charge is 0.325 e. The molecule has 4 heterocycles. The van der Waals surface area contributed by atoms with Gasteiger partial charge in [-0.2, -0.15) is 5.10 Å². The molecule has 0 bridgehead atoms. The van der Waals surface area contributed by atoms with Crippen LogP contribution in [0.2, 0.25) is 0 Å². The van der Waals surface area contributed by atoms with Gasteiger partial charge in [0.1, 0.15) is 17.8 Å². The third-order valence-corrected chi connectivity index (χ3v) is 4.12. The lowest BCUT2D eigenvalue weighted by atomic mass is 10.2. The topological polar surface area (TPSA) is 60.9 Å². The first-order valence-electron chi connectivity index (χ1n) is 7.21. The molecule has 0 radical (unpaired) electrons. The summed E-state index contributed by atoms with van der Waals surface area (Å²) in [5.41, 5.74) is 5.36. The Hall–Kier alpha value is -2.76. The van der Waals surface area contributed by atoms with Crippen molar-refractivity contribution in [2.75, 3.05) is 0 Å². The van der Waals surface area contributed by atoms with Gasteiger partial charge < -0.3 is 4.57 Å². The maximum atomic E-state index is 4.60. The van der Waals surface area contributed by atoms with Crippen molar-refractivity contribution in [3.8, 4) is 0 Å². The number of hydrogen-bond acceptors (Lipinski definition) is 4. The van der Waals surface area contributed by atoms with Crippen molar-refractivity contribution in [1.82, 2.24) is 29.1 Å². The summed E-state index contributed by atoms with van der Waals surface area (Å²) in [7, 11) is 0. The van der Waals surface area contributed by atoms with E-state index in [2.05, 4.69) is 44.5 Å². The van der Waals surface area contributed by atoms with Crippen molar-refractivity contribution >= 4 is 16.7 Å². The minimum absolute atomic E-state index is 0.750. The second-order valence-corrected chi connectivity index (χ2v) is 5.53. The number of aromatic nitrogens is 6. The van der Waals surface area contributed by atoms with Crippen LogP contribution in [0, 0.1) is 20.8 Å². The molecule has 0 N–H and O–H groups in total. The van der Waals surface area contributed by atoms with Gasteiger partial charge in [0.05, 0.1) is 11.9 Å². The van der Waals surface area contributed by atoms with Crippen LogP contribution in [0.15, 0.2) is 30.9 Å². The number of rotatable bonds is 2. The molecule has 6 nitrogen and oxygen atoms in total. The van der Waals surface area contributed by atoms with E-state index < -0.39 is 0 Å². The summed E-state index contributed by atoms with van der Waals surface area (Å²) in [6.07, 6.45) is 5.41. The van der Waals surface area contributed by atoms with E-state index in [-0.39, 0.29) is 0 Å². The SMILES string of the molecule is Cc1nc2c3c(C)c(C)n(Cc4cccnc4)c3ncn2n1. The predicted octanol–water partition coefficient (Wildman–Crippen LogP) is 2.45. The molecule has 0 atom stereocenters. The number of pyridine rings is 1. The van der Waals surface area contributed by atoms with Crippen LogP contribution in [-0.2, 0) is 6.54 Å². The molecule has 110 valence electrons. The Morgan fingerprint density at radius 3 is 2.77 bits per heavy atom. The molecular weight excluding hydrogens is 276 g/mol.